The lowest BCUT2D eigenvalue weighted by atomic mass is 10.0. The minimum Gasteiger partial charge on any atom is -0.497 e. The van der Waals surface area contributed by atoms with Crippen molar-refractivity contribution in [1.29, 1.82) is 0 Å². The molecule has 1 amide bonds. The number of benzene rings is 2. The normalized spacial score (nSPS) is 12.7. The lowest BCUT2D eigenvalue weighted by Crippen LogP contribution is -2.29. The molecule has 0 unspecified atom stereocenters. The summed E-state index contributed by atoms with van der Waals surface area (Å²) < 4.78 is 30.9. The minimum atomic E-state index is -3.66. The van der Waals surface area contributed by atoms with Gasteiger partial charge in [-0.3, -0.25) is 4.79 Å². The van der Waals surface area contributed by atoms with Crippen molar-refractivity contribution in [3.8, 4) is 5.75 Å². The van der Waals surface area contributed by atoms with Gasteiger partial charge in [0.1, 0.15) is 5.75 Å². The van der Waals surface area contributed by atoms with Crippen molar-refractivity contribution in [3.63, 3.8) is 0 Å². The summed E-state index contributed by atoms with van der Waals surface area (Å²) in [6, 6.07) is 11.3. The van der Waals surface area contributed by atoms with Gasteiger partial charge >= 0.3 is 0 Å². The number of hydrogen-bond donors (Lipinski definition) is 1. The summed E-state index contributed by atoms with van der Waals surface area (Å²) in [5.41, 5.74) is 1.03. The Labute approximate surface area is 165 Å². The second kappa shape index (κ2) is 8.73. The molecule has 8 heteroatoms. The molecule has 0 heterocycles. The number of halogens is 1. The average Bonchev–Trinajstić information content (AvgIpc) is 2.66. The van der Waals surface area contributed by atoms with Gasteiger partial charge in [0.25, 0.3) is 5.91 Å². The van der Waals surface area contributed by atoms with Crippen LogP contribution in [0.15, 0.2) is 47.4 Å². The van der Waals surface area contributed by atoms with Gasteiger partial charge in [-0.2, -0.15) is 0 Å². The summed E-state index contributed by atoms with van der Waals surface area (Å²) in [6.45, 7) is 1.95. The molecule has 6 nitrogen and oxygen atoms in total. The fraction of sp³-hybridized carbons (Fsp3) is 0.316. The van der Waals surface area contributed by atoms with Crippen LogP contribution in [0.25, 0.3) is 0 Å². The number of hydrogen-bond acceptors (Lipinski definition) is 4. The number of nitrogens with zero attached hydrogens (tertiary/aromatic N) is 1. The standard InChI is InChI=1S/C19H23ClN2O4S/c1-5-18(13-6-8-14(26-4)9-7-13)21-19(23)16-12-15(10-11-17(16)20)27(24,25)22(2)3/h6-12,18H,5H2,1-4H3,(H,21,23)/t18-/m1/s1. The highest BCUT2D eigenvalue weighted by Crippen LogP contribution is 2.25. The number of amides is 1. The molecule has 1 N–H and O–H groups in total. The van der Waals surface area contributed by atoms with Crippen LogP contribution in [-0.2, 0) is 10.0 Å². The van der Waals surface area contributed by atoms with E-state index >= 15 is 0 Å². The van der Waals surface area contributed by atoms with Gasteiger partial charge in [-0.25, -0.2) is 12.7 Å². The zero-order valence-corrected chi connectivity index (χ0v) is 17.3. The predicted octanol–water partition coefficient (Wildman–Crippen LogP) is 3.48. The molecule has 0 aliphatic carbocycles. The molecule has 0 fully saturated rings. The van der Waals surface area contributed by atoms with Crippen molar-refractivity contribution in [3.05, 3.63) is 58.6 Å². The van der Waals surface area contributed by atoms with Crippen LogP contribution in [0.4, 0.5) is 0 Å². The predicted molar refractivity (Wildman–Crippen MR) is 106 cm³/mol. The van der Waals surface area contributed by atoms with Gasteiger partial charge in [0.2, 0.25) is 10.0 Å². The van der Waals surface area contributed by atoms with Crippen LogP contribution in [0.1, 0.15) is 35.3 Å². The number of sulfonamides is 1. The number of methoxy groups -OCH3 is 1. The van der Waals surface area contributed by atoms with E-state index in [2.05, 4.69) is 5.32 Å². The van der Waals surface area contributed by atoms with Crippen molar-refractivity contribution in [1.82, 2.24) is 9.62 Å². The first-order valence-corrected chi connectivity index (χ1v) is 10.2. The SMILES string of the molecule is CC[C@@H](NC(=O)c1cc(S(=O)(=O)N(C)C)ccc1Cl)c1ccc(OC)cc1. The number of nitrogens with one attached hydrogen (secondary N) is 1. The van der Waals surface area contributed by atoms with E-state index in [0.29, 0.717) is 6.42 Å². The van der Waals surface area contributed by atoms with E-state index < -0.39 is 15.9 Å². The Morgan fingerprint density at radius 3 is 2.33 bits per heavy atom. The molecule has 0 radical (unpaired) electrons. The van der Waals surface area contributed by atoms with E-state index in [1.807, 2.05) is 31.2 Å². The van der Waals surface area contributed by atoms with Crippen LogP contribution in [0.5, 0.6) is 5.75 Å². The summed E-state index contributed by atoms with van der Waals surface area (Å²) in [5, 5.41) is 3.10. The third-order valence-electron chi connectivity index (χ3n) is 4.19. The number of ether oxygens (including phenoxy) is 1. The molecule has 0 aliphatic heterocycles. The van der Waals surface area contributed by atoms with Gasteiger partial charge in [-0.05, 0) is 42.3 Å². The van der Waals surface area contributed by atoms with E-state index in [4.69, 9.17) is 16.3 Å². The summed E-state index contributed by atoms with van der Waals surface area (Å²) in [6.07, 6.45) is 0.658. The first-order chi connectivity index (χ1) is 12.7. The lowest BCUT2D eigenvalue weighted by Gasteiger charge is -2.19. The van der Waals surface area contributed by atoms with E-state index in [1.54, 1.807) is 7.11 Å². The number of rotatable bonds is 7. The Morgan fingerprint density at radius 2 is 1.81 bits per heavy atom. The van der Waals surface area contributed by atoms with Gasteiger partial charge in [0, 0.05) is 14.1 Å². The monoisotopic (exact) mass is 410 g/mol. The van der Waals surface area contributed by atoms with Crippen molar-refractivity contribution < 1.29 is 17.9 Å². The summed E-state index contributed by atoms with van der Waals surface area (Å²) in [5.74, 6) is 0.294. The average molecular weight is 411 g/mol. The zero-order chi connectivity index (χ0) is 20.2. The highest BCUT2D eigenvalue weighted by atomic mass is 35.5. The maximum absolute atomic E-state index is 12.8. The first kappa shape index (κ1) is 21.2. The molecular formula is C19H23ClN2O4S. The second-order valence-electron chi connectivity index (χ2n) is 6.14. The topological polar surface area (TPSA) is 75.7 Å². The summed E-state index contributed by atoms with van der Waals surface area (Å²) in [4.78, 5) is 12.8. The molecule has 1 atom stereocenters. The van der Waals surface area contributed by atoms with Gasteiger partial charge in [-0.15, -0.1) is 0 Å². The molecule has 27 heavy (non-hydrogen) atoms. The Kier molecular flexibility index (Phi) is 6.86. The molecule has 0 saturated carbocycles. The van der Waals surface area contributed by atoms with Gasteiger partial charge in [0.15, 0.2) is 0 Å². The van der Waals surface area contributed by atoms with Crippen LogP contribution in [0.3, 0.4) is 0 Å². The maximum Gasteiger partial charge on any atom is 0.253 e. The molecule has 0 spiro atoms. The molecule has 2 rings (SSSR count). The molecule has 0 aromatic heterocycles. The Morgan fingerprint density at radius 1 is 1.19 bits per heavy atom. The third kappa shape index (κ3) is 4.80. The van der Waals surface area contributed by atoms with Crippen molar-refractivity contribution in [2.45, 2.75) is 24.3 Å². The van der Waals surface area contributed by atoms with Crippen LogP contribution in [-0.4, -0.2) is 39.8 Å². The smallest absolute Gasteiger partial charge is 0.253 e. The first-order valence-electron chi connectivity index (χ1n) is 8.37. The minimum absolute atomic E-state index is 0.0135. The second-order valence-corrected chi connectivity index (χ2v) is 8.70. The molecule has 0 saturated heterocycles. The quantitative estimate of drug-likeness (QED) is 0.758. The van der Waals surface area contributed by atoms with E-state index in [-0.39, 0.29) is 21.5 Å². The Hall–Kier alpha value is -2.09. The number of carbonyl (C=O) groups is 1. The summed E-state index contributed by atoms with van der Waals surface area (Å²) in [7, 11) is 0.787. The van der Waals surface area contributed by atoms with E-state index in [1.165, 1.54) is 32.3 Å². The summed E-state index contributed by atoms with van der Waals surface area (Å²) >= 11 is 6.15. The van der Waals surface area contributed by atoms with Crippen LogP contribution in [0.2, 0.25) is 5.02 Å². The van der Waals surface area contributed by atoms with Crippen LogP contribution < -0.4 is 10.1 Å². The number of carbonyl (C=O) groups excluding carboxylic acids is 1. The van der Waals surface area contributed by atoms with E-state index in [0.717, 1.165) is 15.6 Å². The largest absolute Gasteiger partial charge is 0.497 e. The third-order valence-corrected chi connectivity index (χ3v) is 6.33. The Balaban J connectivity index is 2.30. The lowest BCUT2D eigenvalue weighted by molar-refractivity contribution is 0.0935. The highest BCUT2D eigenvalue weighted by Gasteiger charge is 2.22. The maximum atomic E-state index is 12.8. The van der Waals surface area contributed by atoms with Crippen molar-refractivity contribution in [2.24, 2.45) is 0 Å². The molecule has 0 aliphatic rings. The molecule has 2 aromatic rings. The van der Waals surface area contributed by atoms with Crippen LogP contribution >= 0.6 is 11.6 Å². The Bertz CT molecular complexity index is 912. The highest BCUT2D eigenvalue weighted by molar-refractivity contribution is 7.89. The molecule has 2 aromatic carbocycles. The fourth-order valence-electron chi connectivity index (χ4n) is 2.54. The van der Waals surface area contributed by atoms with Crippen LogP contribution in [0, 0.1) is 0 Å². The fourth-order valence-corrected chi connectivity index (χ4v) is 3.67. The van der Waals surface area contributed by atoms with Gasteiger partial charge in [0.05, 0.1) is 28.6 Å². The molecular weight excluding hydrogens is 388 g/mol. The molecule has 146 valence electrons. The van der Waals surface area contributed by atoms with Gasteiger partial charge < -0.3 is 10.1 Å². The van der Waals surface area contributed by atoms with Gasteiger partial charge in [-0.1, -0.05) is 30.7 Å². The molecule has 0 bridgehead atoms. The van der Waals surface area contributed by atoms with Crippen molar-refractivity contribution in [2.75, 3.05) is 21.2 Å². The van der Waals surface area contributed by atoms with E-state index in [9.17, 15) is 13.2 Å². The van der Waals surface area contributed by atoms with Crippen molar-refractivity contribution >= 4 is 27.5 Å². The zero-order valence-electron chi connectivity index (χ0n) is 15.7.